The van der Waals surface area contributed by atoms with Gasteiger partial charge in [-0.25, -0.2) is 4.79 Å². The molecule has 2 aromatic carbocycles. The van der Waals surface area contributed by atoms with E-state index in [4.69, 9.17) is 4.74 Å². The molecule has 0 aromatic heterocycles. The SMILES string of the molecule is COC(=O)C(CCC1C[C@@H]2CC[C@H]1C2)NC(=O)c1ccc2ccccc2c1. The van der Waals surface area contributed by atoms with Crippen molar-refractivity contribution in [3.8, 4) is 0 Å². The molecule has 0 radical (unpaired) electrons. The molecule has 27 heavy (non-hydrogen) atoms. The van der Waals surface area contributed by atoms with Gasteiger partial charge in [-0.15, -0.1) is 0 Å². The molecule has 0 heterocycles. The van der Waals surface area contributed by atoms with Crippen LogP contribution in [0.3, 0.4) is 0 Å². The number of hydrogen-bond donors (Lipinski definition) is 1. The topological polar surface area (TPSA) is 55.4 Å². The molecular weight excluding hydrogens is 338 g/mol. The maximum Gasteiger partial charge on any atom is 0.328 e. The van der Waals surface area contributed by atoms with Crippen molar-refractivity contribution < 1.29 is 14.3 Å². The van der Waals surface area contributed by atoms with Crippen LogP contribution in [0.1, 0.15) is 48.9 Å². The van der Waals surface area contributed by atoms with E-state index >= 15 is 0 Å². The number of esters is 1. The Balaban J connectivity index is 1.42. The molecule has 142 valence electrons. The van der Waals surface area contributed by atoms with Gasteiger partial charge in [0.05, 0.1) is 7.11 Å². The first-order valence-electron chi connectivity index (χ1n) is 10.0. The molecule has 0 aliphatic heterocycles. The van der Waals surface area contributed by atoms with Crippen molar-refractivity contribution in [2.45, 2.75) is 44.6 Å². The fourth-order valence-corrected chi connectivity index (χ4v) is 5.07. The van der Waals surface area contributed by atoms with Gasteiger partial charge >= 0.3 is 5.97 Å². The van der Waals surface area contributed by atoms with Crippen molar-refractivity contribution in [3.05, 3.63) is 48.0 Å². The number of ether oxygens (including phenoxy) is 1. The molecule has 0 saturated heterocycles. The Hall–Kier alpha value is -2.36. The molecule has 2 aliphatic rings. The van der Waals surface area contributed by atoms with Gasteiger partial charge < -0.3 is 10.1 Å². The summed E-state index contributed by atoms with van der Waals surface area (Å²) in [6, 6.07) is 13.0. The first-order chi connectivity index (χ1) is 13.1. The molecule has 2 aromatic rings. The smallest absolute Gasteiger partial charge is 0.328 e. The molecule has 2 fully saturated rings. The van der Waals surface area contributed by atoms with E-state index in [1.54, 1.807) is 0 Å². The minimum absolute atomic E-state index is 0.218. The highest BCUT2D eigenvalue weighted by atomic mass is 16.5. The standard InChI is InChI=1S/C23H27NO3/c1-27-23(26)21(11-10-19-13-15-6-7-18(19)12-15)24-22(25)20-9-8-16-4-2-3-5-17(16)14-20/h2-5,8-9,14-15,18-19,21H,6-7,10-13H2,1H3,(H,24,25)/t15-,18+,19?,21?/m1/s1. The number of rotatable bonds is 6. The number of fused-ring (bicyclic) bond motifs is 3. The second kappa shape index (κ2) is 7.71. The molecular formula is C23H27NO3. The van der Waals surface area contributed by atoms with Gasteiger partial charge in [-0.2, -0.15) is 0 Å². The van der Waals surface area contributed by atoms with Crippen molar-refractivity contribution in [2.75, 3.05) is 7.11 Å². The number of methoxy groups -OCH3 is 1. The molecule has 1 amide bonds. The second-order valence-electron chi connectivity index (χ2n) is 8.12. The Labute approximate surface area is 160 Å². The van der Waals surface area contributed by atoms with Crippen molar-refractivity contribution in [1.82, 2.24) is 5.32 Å². The third-order valence-electron chi connectivity index (χ3n) is 6.51. The fourth-order valence-electron chi connectivity index (χ4n) is 5.07. The van der Waals surface area contributed by atoms with Crippen molar-refractivity contribution in [1.29, 1.82) is 0 Å². The second-order valence-corrected chi connectivity index (χ2v) is 8.12. The highest BCUT2D eigenvalue weighted by Crippen LogP contribution is 2.50. The summed E-state index contributed by atoms with van der Waals surface area (Å²) in [6.45, 7) is 0. The van der Waals surface area contributed by atoms with Crippen molar-refractivity contribution in [2.24, 2.45) is 17.8 Å². The number of carbonyl (C=O) groups is 2. The normalized spacial score (nSPS) is 24.7. The van der Waals surface area contributed by atoms with Crippen LogP contribution in [0, 0.1) is 17.8 Å². The Morgan fingerprint density at radius 3 is 2.63 bits per heavy atom. The molecule has 4 atom stereocenters. The minimum atomic E-state index is -0.576. The third kappa shape index (κ3) is 3.85. The van der Waals surface area contributed by atoms with E-state index in [1.807, 2.05) is 42.5 Å². The van der Waals surface area contributed by atoms with Crippen LogP contribution >= 0.6 is 0 Å². The zero-order valence-corrected chi connectivity index (χ0v) is 15.8. The van der Waals surface area contributed by atoms with Crippen molar-refractivity contribution >= 4 is 22.6 Å². The summed E-state index contributed by atoms with van der Waals surface area (Å²) in [4.78, 5) is 24.9. The molecule has 2 aliphatic carbocycles. The van der Waals surface area contributed by atoms with Crippen LogP contribution in [0.5, 0.6) is 0 Å². The molecule has 4 rings (SSSR count). The van der Waals surface area contributed by atoms with Crippen molar-refractivity contribution in [3.63, 3.8) is 0 Å². The van der Waals surface area contributed by atoms with Gasteiger partial charge in [-0.1, -0.05) is 36.8 Å². The lowest BCUT2D eigenvalue weighted by Crippen LogP contribution is -2.42. The van der Waals surface area contributed by atoms with Gasteiger partial charge in [0.15, 0.2) is 0 Å². The zero-order chi connectivity index (χ0) is 18.8. The lowest BCUT2D eigenvalue weighted by molar-refractivity contribution is -0.143. The molecule has 2 bridgehead atoms. The van der Waals surface area contributed by atoms with Gasteiger partial charge in [0.25, 0.3) is 5.91 Å². The monoisotopic (exact) mass is 365 g/mol. The molecule has 2 saturated carbocycles. The molecule has 4 heteroatoms. The molecule has 1 N–H and O–H groups in total. The number of amides is 1. The van der Waals surface area contributed by atoms with Crippen LogP contribution in [-0.4, -0.2) is 25.0 Å². The number of benzene rings is 2. The first kappa shape index (κ1) is 18.0. The Morgan fingerprint density at radius 2 is 1.93 bits per heavy atom. The lowest BCUT2D eigenvalue weighted by Gasteiger charge is -2.24. The average molecular weight is 365 g/mol. The summed E-state index contributed by atoms with van der Waals surface area (Å²) < 4.78 is 4.94. The molecule has 2 unspecified atom stereocenters. The fraction of sp³-hybridized carbons (Fsp3) is 0.478. The Kier molecular flexibility index (Phi) is 5.15. The van der Waals surface area contributed by atoms with E-state index in [2.05, 4.69) is 5.32 Å². The van der Waals surface area contributed by atoms with Crippen LogP contribution in [-0.2, 0) is 9.53 Å². The predicted octanol–water partition coefficient (Wildman–Crippen LogP) is 4.33. The summed E-state index contributed by atoms with van der Waals surface area (Å²) in [7, 11) is 1.38. The summed E-state index contributed by atoms with van der Waals surface area (Å²) in [5, 5.41) is 5.01. The van der Waals surface area contributed by atoms with E-state index in [1.165, 1.54) is 32.8 Å². The number of nitrogens with one attached hydrogen (secondary N) is 1. The summed E-state index contributed by atoms with van der Waals surface area (Å²) in [5.41, 5.74) is 0.572. The van der Waals surface area contributed by atoms with E-state index in [-0.39, 0.29) is 11.9 Å². The predicted molar refractivity (Wildman–Crippen MR) is 105 cm³/mol. The van der Waals surface area contributed by atoms with Gasteiger partial charge in [0.2, 0.25) is 0 Å². The van der Waals surface area contributed by atoms with Gasteiger partial charge in [-0.05, 0) is 72.8 Å². The Morgan fingerprint density at radius 1 is 1.11 bits per heavy atom. The van der Waals surface area contributed by atoms with Crippen LogP contribution in [0.4, 0.5) is 0 Å². The Bertz CT molecular complexity index is 846. The molecule has 4 nitrogen and oxygen atoms in total. The largest absolute Gasteiger partial charge is 0.467 e. The number of carbonyl (C=O) groups excluding carboxylic acids is 2. The van der Waals surface area contributed by atoms with E-state index < -0.39 is 6.04 Å². The number of hydrogen-bond acceptors (Lipinski definition) is 3. The van der Waals surface area contributed by atoms with E-state index in [0.29, 0.717) is 17.9 Å². The van der Waals surface area contributed by atoms with Gasteiger partial charge in [0.1, 0.15) is 6.04 Å². The maximum absolute atomic E-state index is 12.7. The van der Waals surface area contributed by atoms with Crippen LogP contribution in [0.25, 0.3) is 10.8 Å². The van der Waals surface area contributed by atoms with E-state index in [9.17, 15) is 9.59 Å². The minimum Gasteiger partial charge on any atom is -0.467 e. The highest BCUT2D eigenvalue weighted by Gasteiger charge is 2.39. The van der Waals surface area contributed by atoms with Crippen LogP contribution in [0.15, 0.2) is 42.5 Å². The summed E-state index contributed by atoms with van der Waals surface area (Å²) >= 11 is 0. The van der Waals surface area contributed by atoms with E-state index in [0.717, 1.165) is 29.0 Å². The highest BCUT2D eigenvalue weighted by molar-refractivity contribution is 6.00. The van der Waals surface area contributed by atoms with Gasteiger partial charge in [0, 0.05) is 5.56 Å². The van der Waals surface area contributed by atoms with Crippen LogP contribution < -0.4 is 5.32 Å². The molecule has 0 spiro atoms. The first-order valence-corrected chi connectivity index (χ1v) is 10.0. The summed E-state index contributed by atoms with van der Waals surface area (Å²) in [5.74, 6) is 1.85. The quantitative estimate of drug-likeness (QED) is 0.775. The van der Waals surface area contributed by atoms with Crippen LogP contribution in [0.2, 0.25) is 0 Å². The zero-order valence-electron chi connectivity index (χ0n) is 15.8. The third-order valence-corrected chi connectivity index (χ3v) is 6.51. The average Bonchev–Trinajstić information content (AvgIpc) is 3.33. The lowest BCUT2D eigenvalue weighted by atomic mass is 9.84. The maximum atomic E-state index is 12.7. The summed E-state index contributed by atoms with van der Waals surface area (Å²) in [6.07, 6.45) is 7.00. The van der Waals surface area contributed by atoms with Gasteiger partial charge in [-0.3, -0.25) is 4.79 Å².